The molecule has 22 heteroatoms. The Labute approximate surface area is 438 Å². The van der Waals surface area contributed by atoms with Crippen molar-refractivity contribution in [3.8, 4) is 21.6 Å². The van der Waals surface area contributed by atoms with E-state index in [4.69, 9.17) is 9.84 Å². The van der Waals surface area contributed by atoms with Gasteiger partial charge < -0.3 is 45.4 Å². The Bertz CT molecular complexity index is 2930. The number of alkyl halides is 2. The summed E-state index contributed by atoms with van der Waals surface area (Å²) in [7, 11) is 3.34. The second kappa shape index (κ2) is 22.2. The van der Waals surface area contributed by atoms with E-state index in [0.29, 0.717) is 81.0 Å². The van der Waals surface area contributed by atoms with Gasteiger partial charge in [0.2, 0.25) is 23.6 Å². The SMILES string of the molecule is CNC(=O)N1CCc2c(c(N3CCCc4cc(-c5cnn(C)c5)c(C(F)F)cc43)nn2C2CCN(C(=O)COCC(=O)N[C@H](C(=O)N3C[C@H](O)C[C@H]3C(=O)NCc3ccc(-c4scnc4C)cc3)C(C)(C)C)CC2)C1. The highest BCUT2D eigenvalue weighted by Gasteiger charge is 2.45. The van der Waals surface area contributed by atoms with E-state index < -0.39 is 54.4 Å². The molecule has 0 aliphatic carbocycles. The molecule has 400 valence electrons. The molecule has 0 unspecified atom stereocenters. The number of nitrogens with one attached hydrogen (secondary N) is 3. The van der Waals surface area contributed by atoms with Gasteiger partial charge in [-0.25, -0.2) is 18.6 Å². The molecule has 0 bridgehead atoms. The molecule has 4 N–H and O–H groups in total. The van der Waals surface area contributed by atoms with Gasteiger partial charge in [-0.3, -0.25) is 28.5 Å². The van der Waals surface area contributed by atoms with Crippen molar-refractivity contribution in [3.63, 3.8) is 0 Å². The van der Waals surface area contributed by atoms with Crippen LogP contribution < -0.4 is 20.9 Å². The van der Waals surface area contributed by atoms with E-state index in [1.807, 2.05) is 46.8 Å². The van der Waals surface area contributed by atoms with Crippen LogP contribution in [0.15, 0.2) is 54.3 Å². The number of rotatable bonds is 14. The van der Waals surface area contributed by atoms with Crippen LogP contribution in [0.25, 0.3) is 21.6 Å². The maximum atomic E-state index is 14.8. The highest BCUT2D eigenvalue weighted by molar-refractivity contribution is 7.13. The molecule has 3 atom stereocenters. The van der Waals surface area contributed by atoms with Gasteiger partial charge in [-0.1, -0.05) is 45.0 Å². The molecule has 3 aromatic heterocycles. The van der Waals surface area contributed by atoms with E-state index in [1.165, 1.54) is 4.90 Å². The van der Waals surface area contributed by atoms with Crippen molar-refractivity contribution < 1.29 is 42.6 Å². The minimum Gasteiger partial charge on any atom is -0.391 e. The number of aromatic nitrogens is 5. The number of anilines is 2. The number of carbonyl (C=O) groups is 5. The fraction of sp³-hybridized carbons (Fsp3) is 0.509. The third kappa shape index (κ3) is 11.4. The number of halogens is 2. The summed E-state index contributed by atoms with van der Waals surface area (Å²) in [5, 5.41) is 28.5. The second-order valence-electron chi connectivity index (χ2n) is 21.0. The molecule has 5 aromatic rings. The highest BCUT2D eigenvalue weighted by Crippen LogP contribution is 2.44. The Hall–Kier alpha value is -6.78. The number of aliphatic hydroxyl groups excluding tert-OH is 1. The van der Waals surface area contributed by atoms with Crippen molar-refractivity contribution in [1.82, 2.24) is 55.2 Å². The molecule has 75 heavy (non-hydrogen) atoms. The number of benzene rings is 2. The first kappa shape index (κ1) is 53.1. The predicted molar refractivity (Wildman–Crippen MR) is 277 cm³/mol. The summed E-state index contributed by atoms with van der Waals surface area (Å²) in [6.07, 6.45) is 2.86. The normalized spacial score (nSPS) is 18.5. The standard InChI is InChI=1S/C53H66F2N12O7S/c1-31-46(75-30-58-31)33-11-9-32(10-12-33)23-57-50(71)43-21-37(68)26-66(43)51(72)47(53(2,3)4)60-44(69)28-74-29-45(70)63-17-13-36(14-18-63)67-41-15-19-64(52(73)56-5)27-40(41)49(61-67)65-16-7-8-34-20-38(35-24-59-62(6)25-35)39(48(54)55)22-42(34)65/h9-12,20,22,24-25,30,36-37,43,47-48,68H,7-8,13-19,21,23,26-29H2,1-6H3,(H,56,73)(H,57,71)(H,60,69)/t37-,43+,47-/m1/s1. The summed E-state index contributed by atoms with van der Waals surface area (Å²) in [5.41, 5.74) is 8.25. The molecule has 0 radical (unpaired) electrons. The van der Waals surface area contributed by atoms with Gasteiger partial charge in [0.25, 0.3) is 6.43 Å². The zero-order chi connectivity index (χ0) is 53.3. The van der Waals surface area contributed by atoms with Crippen LogP contribution in [-0.2, 0) is 56.9 Å². The van der Waals surface area contributed by atoms with Crippen LogP contribution in [0.4, 0.5) is 25.1 Å². The van der Waals surface area contributed by atoms with Gasteiger partial charge in [0.15, 0.2) is 5.82 Å². The summed E-state index contributed by atoms with van der Waals surface area (Å²) in [4.78, 5) is 79.8. The van der Waals surface area contributed by atoms with Crippen molar-refractivity contribution in [2.24, 2.45) is 12.5 Å². The highest BCUT2D eigenvalue weighted by atomic mass is 32.1. The molecule has 0 saturated carbocycles. The number of aryl methyl sites for hydroxylation is 3. The lowest BCUT2D eigenvalue weighted by molar-refractivity contribution is -0.145. The van der Waals surface area contributed by atoms with E-state index in [0.717, 1.165) is 44.9 Å². The number of likely N-dealkylation sites (tertiary alicyclic amines) is 2. The fourth-order valence-corrected chi connectivity index (χ4v) is 11.6. The van der Waals surface area contributed by atoms with Gasteiger partial charge in [0.1, 0.15) is 25.3 Å². The first-order chi connectivity index (χ1) is 35.9. The molecule has 2 saturated heterocycles. The minimum absolute atomic E-state index is 0.0481. The molecule has 19 nitrogen and oxygen atoms in total. The molecule has 4 aliphatic heterocycles. The molecule has 2 aromatic carbocycles. The first-order valence-corrected chi connectivity index (χ1v) is 26.4. The molecule has 2 fully saturated rings. The third-order valence-corrected chi connectivity index (χ3v) is 15.8. The van der Waals surface area contributed by atoms with E-state index in [1.54, 1.807) is 84.7 Å². The molecular weight excluding hydrogens is 987 g/mol. The summed E-state index contributed by atoms with van der Waals surface area (Å²) in [6, 6.07) is 8.89. The van der Waals surface area contributed by atoms with Crippen LogP contribution in [0.5, 0.6) is 0 Å². The van der Waals surface area contributed by atoms with E-state index in [2.05, 4.69) is 26.0 Å². The zero-order valence-electron chi connectivity index (χ0n) is 43.3. The Morgan fingerprint density at radius 3 is 2.40 bits per heavy atom. The number of carbonyl (C=O) groups excluding carboxylic acids is 5. The summed E-state index contributed by atoms with van der Waals surface area (Å²) >= 11 is 1.56. The topological polar surface area (TPSA) is 212 Å². The van der Waals surface area contributed by atoms with Crippen LogP contribution in [0, 0.1) is 12.3 Å². The quantitative estimate of drug-likeness (QED) is 0.110. The van der Waals surface area contributed by atoms with Crippen LogP contribution in [0.1, 0.15) is 92.6 Å². The number of piperidine rings is 1. The first-order valence-electron chi connectivity index (χ1n) is 25.6. The molecule has 4 aliphatic rings. The van der Waals surface area contributed by atoms with Crippen LogP contribution in [0.2, 0.25) is 0 Å². The van der Waals surface area contributed by atoms with Gasteiger partial charge in [0, 0.05) is 100 Å². The van der Waals surface area contributed by atoms with Crippen molar-refractivity contribution in [1.29, 1.82) is 0 Å². The Balaban J connectivity index is 0.808. The van der Waals surface area contributed by atoms with E-state index in [9.17, 15) is 37.9 Å². The molecule has 6 amide bonds. The van der Waals surface area contributed by atoms with Gasteiger partial charge in [0.05, 0.1) is 41.0 Å². The average molecular weight is 1050 g/mol. The van der Waals surface area contributed by atoms with Gasteiger partial charge in [-0.05, 0) is 72.4 Å². The van der Waals surface area contributed by atoms with E-state index in [-0.39, 0.29) is 49.7 Å². The number of ether oxygens (including phenoxy) is 1. The minimum atomic E-state index is -2.73. The number of thiazole rings is 1. The van der Waals surface area contributed by atoms with E-state index >= 15 is 0 Å². The molecule has 9 rings (SSSR count). The van der Waals surface area contributed by atoms with Crippen LogP contribution in [-0.4, -0.2) is 145 Å². The maximum Gasteiger partial charge on any atom is 0.317 e. The maximum absolute atomic E-state index is 14.8. The number of amides is 6. The van der Waals surface area contributed by atoms with Crippen LogP contribution >= 0.6 is 11.3 Å². The van der Waals surface area contributed by atoms with Crippen molar-refractivity contribution in [3.05, 3.63) is 87.9 Å². The lowest BCUT2D eigenvalue weighted by atomic mass is 9.85. The van der Waals surface area contributed by atoms with Gasteiger partial charge in [-0.2, -0.15) is 10.2 Å². The number of aliphatic hydroxyl groups is 1. The number of hydrogen-bond acceptors (Lipinski definition) is 12. The van der Waals surface area contributed by atoms with Crippen molar-refractivity contribution in [2.45, 2.75) is 110 Å². The number of urea groups is 1. The number of fused-ring (bicyclic) bond motifs is 2. The molecule has 7 heterocycles. The van der Waals surface area contributed by atoms with Crippen molar-refractivity contribution >= 4 is 52.5 Å². The largest absolute Gasteiger partial charge is 0.391 e. The Morgan fingerprint density at radius 1 is 0.973 bits per heavy atom. The summed E-state index contributed by atoms with van der Waals surface area (Å²) < 4.78 is 38.9. The number of nitrogens with zero attached hydrogens (tertiary/aromatic N) is 9. The lowest BCUT2D eigenvalue weighted by Gasteiger charge is -2.35. The molecule has 0 spiro atoms. The summed E-state index contributed by atoms with van der Waals surface area (Å²) in [6.45, 7) is 8.72. The number of hydrogen-bond donors (Lipinski definition) is 4. The summed E-state index contributed by atoms with van der Waals surface area (Å²) in [5.74, 6) is -1.21. The molecular formula is C53H66F2N12O7S. The average Bonchev–Trinajstić information content (AvgIpc) is 4.23. The van der Waals surface area contributed by atoms with Crippen LogP contribution in [0.3, 0.4) is 0 Å². The number of β-amino-alcohol motifs (C(OH)–C–C–N with tert-alkyl or cyclic N) is 1. The third-order valence-electron chi connectivity index (χ3n) is 14.8. The predicted octanol–water partition coefficient (Wildman–Crippen LogP) is 5.42. The monoisotopic (exact) mass is 1050 g/mol. The van der Waals surface area contributed by atoms with Gasteiger partial charge >= 0.3 is 6.03 Å². The van der Waals surface area contributed by atoms with Gasteiger partial charge in [-0.15, -0.1) is 11.3 Å². The Kier molecular flexibility index (Phi) is 15.7. The smallest absolute Gasteiger partial charge is 0.317 e. The zero-order valence-corrected chi connectivity index (χ0v) is 44.1. The second-order valence-corrected chi connectivity index (χ2v) is 21.9. The fourth-order valence-electron chi connectivity index (χ4n) is 10.8. The lowest BCUT2D eigenvalue weighted by Crippen LogP contribution is -2.58. The van der Waals surface area contributed by atoms with Crippen molar-refractivity contribution in [2.75, 3.05) is 57.9 Å². The Morgan fingerprint density at radius 2 is 1.73 bits per heavy atom.